The third-order valence-electron chi connectivity index (χ3n) is 2.77. The van der Waals surface area contributed by atoms with Crippen LogP contribution in [-0.4, -0.2) is 0 Å². The lowest BCUT2D eigenvalue weighted by Crippen LogP contribution is -2.18. The molecule has 0 radical (unpaired) electrons. The summed E-state index contributed by atoms with van der Waals surface area (Å²) in [6.45, 7) is 2.29. The zero-order valence-corrected chi connectivity index (χ0v) is 9.98. The van der Waals surface area contributed by atoms with Gasteiger partial charge >= 0.3 is 0 Å². The van der Waals surface area contributed by atoms with Crippen LogP contribution in [0, 0.1) is 17.1 Å². The number of nitrogens with zero attached hydrogens (tertiary/aromatic N) is 1. The van der Waals surface area contributed by atoms with Gasteiger partial charge in [0.05, 0.1) is 17.9 Å². The quantitative estimate of drug-likeness (QED) is 0.898. The molecule has 0 fully saturated rings. The molecule has 18 heavy (non-hydrogen) atoms. The number of rotatable bonds is 4. The van der Waals surface area contributed by atoms with Crippen molar-refractivity contribution >= 4 is 0 Å². The zero-order chi connectivity index (χ0) is 13.0. The van der Waals surface area contributed by atoms with E-state index in [9.17, 15) is 4.39 Å². The topological polar surface area (TPSA) is 49.0 Å². The van der Waals surface area contributed by atoms with Gasteiger partial charge in [0.2, 0.25) is 0 Å². The van der Waals surface area contributed by atoms with Gasteiger partial charge in [0.25, 0.3) is 0 Å². The minimum absolute atomic E-state index is 0.00913. The van der Waals surface area contributed by atoms with Gasteiger partial charge in [-0.25, -0.2) is 4.39 Å². The predicted octanol–water partition coefficient (Wildman–Crippen LogP) is 3.14. The van der Waals surface area contributed by atoms with E-state index < -0.39 is 5.82 Å². The molecule has 2 aromatic rings. The second-order valence-electron chi connectivity index (χ2n) is 4.01. The molecule has 0 bridgehead atoms. The van der Waals surface area contributed by atoms with Gasteiger partial charge in [-0.1, -0.05) is 12.1 Å². The van der Waals surface area contributed by atoms with E-state index in [0.29, 0.717) is 12.1 Å². The minimum Gasteiger partial charge on any atom is -0.468 e. The Bertz CT molecular complexity index is 558. The molecule has 0 saturated heterocycles. The summed E-state index contributed by atoms with van der Waals surface area (Å²) in [6, 6.07) is 10.3. The van der Waals surface area contributed by atoms with Gasteiger partial charge in [-0.05, 0) is 25.1 Å². The lowest BCUT2D eigenvalue weighted by molar-refractivity contribution is 0.427. The highest BCUT2D eigenvalue weighted by Gasteiger charge is 2.11. The summed E-state index contributed by atoms with van der Waals surface area (Å²) >= 11 is 0. The SMILES string of the molecule is CC(NCc1cccc(C#N)c1F)c1ccco1. The Labute approximate surface area is 105 Å². The van der Waals surface area contributed by atoms with E-state index in [2.05, 4.69) is 5.32 Å². The maximum absolute atomic E-state index is 13.8. The van der Waals surface area contributed by atoms with E-state index in [-0.39, 0.29) is 11.6 Å². The van der Waals surface area contributed by atoms with Crippen molar-refractivity contribution in [1.29, 1.82) is 5.26 Å². The molecule has 1 aromatic carbocycles. The summed E-state index contributed by atoms with van der Waals surface area (Å²) in [7, 11) is 0. The molecule has 0 aliphatic carbocycles. The highest BCUT2D eigenvalue weighted by atomic mass is 19.1. The standard InChI is InChI=1S/C14H13FN2O/c1-10(13-6-3-7-18-13)17-9-12-5-2-4-11(8-16)14(12)15/h2-7,10,17H,9H2,1H3. The number of halogens is 1. The van der Waals surface area contributed by atoms with Gasteiger partial charge in [0.1, 0.15) is 17.6 Å². The fourth-order valence-corrected chi connectivity index (χ4v) is 1.70. The van der Waals surface area contributed by atoms with Gasteiger partial charge in [-0.15, -0.1) is 0 Å². The van der Waals surface area contributed by atoms with E-state index in [1.165, 1.54) is 6.07 Å². The molecule has 0 saturated carbocycles. The van der Waals surface area contributed by atoms with Gasteiger partial charge < -0.3 is 9.73 Å². The zero-order valence-electron chi connectivity index (χ0n) is 9.98. The van der Waals surface area contributed by atoms with E-state index in [4.69, 9.17) is 9.68 Å². The molecule has 1 aromatic heterocycles. The van der Waals surface area contributed by atoms with Crippen LogP contribution in [0.3, 0.4) is 0 Å². The molecule has 2 rings (SSSR count). The summed E-state index contributed by atoms with van der Waals surface area (Å²) in [5, 5.41) is 11.9. The maximum Gasteiger partial charge on any atom is 0.145 e. The third kappa shape index (κ3) is 2.58. The lowest BCUT2D eigenvalue weighted by atomic mass is 10.1. The van der Waals surface area contributed by atoms with Crippen LogP contribution in [0.5, 0.6) is 0 Å². The maximum atomic E-state index is 13.8. The highest BCUT2D eigenvalue weighted by molar-refractivity contribution is 5.34. The molecule has 1 N–H and O–H groups in total. The van der Waals surface area contributed by atoms with Crippen molar-refractivity contribution in [2.45, 2.75) is 19.5 Å². The average molecular weight is 244 g/mol. The van der Waals surface area contributed by atoms with Crippen molar-refractivity contribution in [3.63, 3.8) is 0 Å². The number of furan rings is 1. The molecule has 1 heterocycles. The van der Waals surface area contributed by atoms with Crippen molar-refractivity contribution in [3.05, 3.63) is 59.3 Å². The fraction of sp³-hybridized carbons (Fsp3) is 0.214. The van der Waals surface area contributed by atoms with E-state index in [1.807, 2.05) is 25.1 Å². The average Bonchev–Trinajstić information content (AvgIpc) is 2.91. The first-order valence-corrected chi connectivity index (χ1v) is 5.66. The summed E-state index contributed by atoms with van der Waals surface area (Å²) in [5.74, 6) is 0.339. The number of hydrogen-bond acceptors (Lipinski definition) is 3. The van der Waals surface area contributed by atoms with Crippen LogP contribution in [0.2, 0.25) is 0 Å². The van der Waals surface area contributed by atoms with Crippen LogP contribution >= 0.6 is 0 Å². The molecule has 0 aliphatic rings. The Hall–Kier alpha value is -2.12. The van der Waals surface area contributed by atoms with Crippen LogP contribution < -0.4 is 5.32 Å². The number of hydrogen-bond donors (Lipinski definition) is 1. The second-order valence-corrected chi connectivity index (χ2v) is 4.01. The highest BCUT2D eigenvalue weighted by Crippen LogP contribution is 2.16. The molecule has 1 atom stereocenters. The molecule has 0 amide bonds. The first-order chi connectivity index (χ1) is 8.72. The molecule has 0 aliphatic heterocycles. The van der Waals surface area contributed by atoms with Crippen LogP contribution in [0.25, 0.3) is 0 Å². The Kier molecular flexibility index (Phi) is 3.75. The summed E-state index contributed by atoms with van der Waals surface area (Å²) < 4.78 is 19.0. The van der Waals surface area contributed by atoms with Crippen molar-refractivity contribution in [3.8, 4) is 6.07 Å². The lowest BCUT2D eigenvalue weighted by Gasteiger charge is -2.12. The predicted molar refractivity (Wildman–Crippen MR) is 65.1 cm³/mol. The first-order valence-electron chi connectivity index (χ1n) is 5.66. The molecule has 0 spiro atoms. The monoisotopic (exact) mass is 244 g/mol. The first kappa shape index (κ1) is 12.3. The summed E-state index contributed by atoms with van der Waals surface area (Å²) in [6.07, 6.45) is 1.60. The minimum atomic E-state index is -0.459. The van der Waals surface area contributed by atoms with E-state index in [1.54, 1.807) is 18.4 Å². The molecular weight excluding hydrogens is 231 g/mol. The van der Waals surface area contributed by atoms with Crippen molar-refractivity contribution in [2.24, 2.45) is 0 Å². The number of benzene rings is 1. The molecule has 4 heteroatoms. The summed E-state index contributed by atoms with van der Waals surface area (Å²) in [5.41, 5.74) is 0.549. The van der Waals surface area contributed by atoms with Crippen LogP contribution in [0.1, 0.15) is 29.9 Å². The Morgan fingerprint density at radius 2 is 2.22 bits per heavy atom. The smallest absolute Gasteiger partial charge is 0.145 e. The van der Waals surface area contributed by atoms with Gasteiger partial charge in [0, 0.05) is 12.1 Å². The Balaban J connectivity index is 2.05. The molecule has 92 valence electrons. The van der Waals surface area contributed by atoms with E-state index in [0.717, 1.165) is 5.76 Å². The third-order valence-corrected chi connectivity index (χ3v) is 2.77. The Morgan fingerprint density at radius 1 is 1.39 bits per heavy atom. The van der Waals surface area contributed by atoms with Crippen LogP contribution in [-0.2, 0) is 6.54 Å². The normalized spacial score (nSPS) is 12.1. The molecular formula is C14H13FN2O. The second kappa shape index (κ2) is 5.48. The van der Waals surface area contributed by atoms with E-state index >= 15 is 0 Å². The van der Waals surface area contributed by atoms with Crippen LogP contribution in [0.15, 0.2) is 41.0 Å². The Morgan fingerprint density at radius 3 is 2.89 bits per heavy atom. The van der Waals surface area contributed by atoms with Gasteiger partial charge in [-0.3, -0.25) is 0 Å². The summed E-state index contributed by atoms with van der Waals surface area (Å²) in [4.78, 5) is 0. The molecule has 1 unspecified atom stereocenters. The van der Waals surface area contributed by atoms with Gasteiger partial charge in [-0.2, -0.15) is 5.26 Å². The fourth-order valence-electron chi connectivity index (χ4n) is 1.70. The van der Waals surface area contributed by atoms with Crippen LogP contribution in [0.4, 0.5) is 4.39 Å². The van der Waals surface area contributed by atoms with Gasteiger partial charge in [0.15, 0.2) is 0 Å². The van der Waals surface area contributed by atoms with Crippen molar-refractivity contribution < 1.29 is 8.81 Å². The molecule has 3 nitrogen and oxygen atoms in total. The largest absolute Gasteiger partial charge is 0.468 e. The van der Waals surface area contributed by atoms with Crippen molar-refractivity contribution in [1.82, 2.24) is 5.32 Å². The van der Waals surface area contributed by atoms with Crippen molar-refractivity contribution in [2.75, 3.05) is 0 Å². The number of nitrogens with one attached hydrogen (secondary N) is 1. The number of nitriles is 1.